The van der Waals surface area contributed by atoms with Crippen molar-refractivity contribution in [3.8, 4) is 17.6 Å². The third-order valence-corrected chi connectivity index (χ3v) is 5.39. The van der Waals surface area contributed by atoms with E-state index in [-0.39, 0.29) is 35.0 Å². The van der Waals surface area contributed by atoms with Crippen LogP contribution < -0.4 is 4.74 Å². The molecular weight excluding hydrogens is 449 g/mol. The second-order valence-electron chi connectivity index (χ2n) is 7.32. The molecule has 0 spiro atoms. The Morgan fingerprint density at radius 3 is 2.66 bits per heavy atom. The van der Waals surface area contributed by atoms with Gasteiger partial charge in [0.2, 0.25) is 0 Å². The number of aryl methyl sites for hydroxylation is 1. The van der Waals surface area contributed by atoms with Crippen molar-refractivity contribution in [2.45, 2.75) is 32.3 Å². The molecule has 3 aromatic rings. The molecule has 166 valence electrons. The number of amides is 1. The highest BCUT2D eigenvalue weighted by Gasteiger charge is 2.39. The van der Waals surface area contributed by atoms with Crippen molar-refractivity contribution < 1.29 is 22.7 Å². The van der Waals surface area contributed by atoms with Crippen LogP contribution in [0.15, 0.2) is 30.9 Å². The molecule has 1 amide bonds. The first-order valence-corrected chi connectivity index (χ1v) is 9.77. The fourth-order valence-electron chi connectivity index (χ4n) is 3.29. The van der Waals surface area contributed by atoms with Gasteiger partial charge in [0.25, 0.3) is 5.91 Å². The van der Waals surface area contributed by atoms with E-state index in [9.17, 15) is 23.2 Å². The lowest BCUT2D eigenvalue weighted by Gasteiger charge is -2.23. The molecule has 1 aliphatic rings. The molecule has 32 heavy (non-hydrogen) atoms. The van der Waals surface area contributed by atoms with Crippen molar-refractivity contribution in [2.24, 2.45) is 7.05 Å². The van der Waals surface area contributed by atoms with Gasteiger partial charge in [-0.1, -0.05) is 11.6 Å². The first-order chi connectivity index (χ1) is 15.1. The van der Waals surface area contributed by atoms with Gasteiger partial charge in [0.15, 0.2) is 11.9 Å². The molecule has 0 N–H and O–H groups in total. The van der Waals surface area contributed by atoms with Crippen molar-refractivity contribution in [2.75, 3.05) is 0 Å². The van der Waals surface area contributed by atoms with Gasteiger partial charge in [-0.25, -0.2) is 9.67 Å². The quantitative estimate of drug-likeness (QED) is 0.588. The minimum absolute atomic E-state index is 0.0423. The topological polar surface area (TPSA) is 89.0 Å². The normalized spacial score (nSPS) is 14.2. The van der Waals surface area contributed by atoms with Crippen molar-refractivity contribution in [1.82, 2.24) is 24.2 Å². The fraction of sp³-hybridized carbons (Fsp3) is 0.300. The van der Waals surface area contributed by atoms with Crippen LogP contribution in [0.1, 0.15) is 34.1 Å². The number of fused-ring (bicyclic) bond motifs is 1. The van der Waals surface area contributed by atoms with Crippen molar-refractivity contribution in [3.05, 3.63) is 58.3 Å². The molecule has 0 bridgehead atoms. The number of carbonyl (C=O) groups excluding carboxylic acids is 1. The van der Waals surface area contributed by atoms with E-state index < -0.39 is 18.2 Å². The Morgan fingerprint density at radius 1 is 1.31 bits per heavy atom. The number of imidazole rings is 1. The molecule has 1 atom stereocenters. The van der Waals surface area contributed by atoms with Crippen LogP contribution in [0.2, 0.25) is 5.02 Å². The number of ether oxygens (including phenoxy) is 1. The predicted octanol–water partition coefficient (Wildman–Crippen LogP) is 3.62. The van der Waals surface area contributed by atoms with E-state index in [1.807, 2.05) is 13.1 Å². The molecular formula is C20H16ClF3N6O2. The van der Waals surface area contributed by atoms with Crippen LogP contribution in [0.25, 0.3) is 5.82 Å². The highest BCUT2D eigenvalue weighted by Crippen LogP contribution is 2.35. The van der Waals surface area contributed by atoms with Gasteiger partial charge in [0.05, 0.1) is 29.2 Å². The predicted molar refractivity (Wildman–Crippen MR) is 106 cm³/mol. The second kappa shape index (κ2) is 7.87. The number of hydrogen-bond acceptors (Lipinski definition) is 5. The summed E-state index contributed by atoms with van der Waals surface area (Å²) < 4.78 is 47.4. The molecule has 8 nitrogen and oxygen atoms in total. The minimum atomic E-state index is -4.64. The molecule has 0 fully saturated rings. The third kappa shape index (κ3) is 3.89. The summed E-state index contributed by atoms with van der Waals surface area (Å²) in [6, 6.07) is 4.19. The Bertz CT molecular complexity index is 1220. The molecule has 0 saturated carbocycles. The SMILES string of the molecule is CC(Oc1ccc(C#N)c(Cl)c1C(=O)N1Cc2cn(-c3cn(C)cn3)nc2C1)C(F)(F)F. The molecule has 1 aromatic carbocycles. The van der Waals surface area contributed by atoms with E-state index >= 15 is 0 Å². The number of nitrogens with zero attached hydrogens (tertiary/aromatic N) is 6. The summed E-state index contributed by atoms with van der Waals surface area (Å²) in [4.78, 5) is 18.8. The lowest BCUT2D eigenvalue weighted by Crippen LogP contribution is -2.33. The lowest BCUT2D eigenvalue weighted by atomic mass is 10.1. The standard InChI is InChI=1S/C20H16ClF3N6O2/c1-11(20(22,23)24)32-15-4-3-12(5-25)18(21)17(15)19(31)29-6-13-7-30(27-14(13)8-29)16-9-28(2)10-26-16/h3-4,7,9-11H,6,8H2,1-2H3. The van der Waals surface area contributed by atoms with Gasteiger partial charge in [-0.3, -0.25) is 4.79 Å². The average Bonchev–Trinajstić information content (AvgIpc) is 3.41. The van der Waals surface area contributed by atoms with Crippen LogP contribution in [0, 0.1) is 11.3 Å². The maximum atomic E-state index is 13.2. The summed E-state index contributed by atoms with van der Waals surface area (Å²) in [6.07, 6.45) is -1.66. The Balaban J connectivity index is 1.62. The largest absolute Gasteiger partial charge is 0.480 e. The van der Waals surface area contributed by atoms with Crippen molar-refractivity contribution >= 4 is 17.5 Å². The summed E-state index contributed by atoms with van der Waals surface area (Å²) in [5, 5.41) is 13.4. The molecule has 1 aliphatic heterocycles. The van der Waals surface area contributed by atoms with Gasteiger partial charge >= 0.3 is 6.18 Å². The molecule has 0 aliphatic carbocycles. The zero-order valence-corrected chi connectivity index (χ0v) is 17.6. The number of aromatic nitrogens is 4. The Labute approximate surface area is 185 Å². The average molecular weight is 465 g/mol. The Morgan fingerprint density at radius 2 is 2.06 bits per heavy atom. The first kappa shape index (κ1) is 21.7. The minimum Gasteiger partial charge on any atom is -0.480 e. The highest BCUT2D eigenvalue weighted by atomic mass is 35.5. The zero-order valence-electron chi connectivity index (χ0n) is 16.9. The number of carbonyl (C=O) groups is 1. The van der Waals surface area contributed by atoms with Crippen LogP contribution in [-0.4, -0.2) is 42.4 Å². The molecule has 12 heteroatoms. The number of hydrogen-bond donors (Lipinski definition) is 0. The summed E-state index contributed by atoms with van der Waals surface area (Å²) in [7, 11) is 1.83. The molecule has 2 aromatic heterocycles. The summed E-state index contributed by atoms with van der Waals surface area (Å²) in [5.74, 6) is -0.382. The van der Waals surface area contributed by atoms with Crippen LogP contribution >= 0.6 is 11.6 Å². The zero-order chi connectivity index (χ0) is 23.2. The summed E-state index contributed by atoms with van der Waals surface area (Å²) in [6.45, 7) is 1.12. The van der Waals surface area contributed by atoms with Gasteiger partial charge in [0.1, 0.15) is 17.4 Å². The molecule has 4 rings (SSSR count). The molecule has 0 saturated heterocycles. The van der Waals surface area contributed by atoms with E-state index in [1.54, 1.807) is 28.0 Å². The van der Waals surface area contributed by atoms with Crippen LogP contribution in [-0.2, 0) is 20.1 Å². The van der Waals surface area contributed by atoms with Gasteiger partial charge in [-0.05, 0) is 19.1 Å². The van der Waals surface area contributed by atoms with Gasteiger partial charge < -0.3 is 14.2 Å². The van der Waals surface area contributed by atoms with Crippen LogP contribution in [0.3, 0.4) is 0 Å². The van der Waals surface area contributed by atoms with Gasteiger partial charge in [0, 0.05) is 31.5 Å². The van der Waals surface area contributed by atoms with Crippen molar-refractivity contribution in [1.29, 1.82) is 5.26 Å². The number of nitriles is 1. The van der Waals surface area contributed by atoms with E-state index in [1.165, 1.54) is 11.0 Å². The Kier molecular flexibility index (Phi) is 5.34. The summed E-state index contributed by atoms with van der Waals surface area (Å²) >= 11 is 6.22. The number of halogens is 4. The maximum Gasteiger partial charge on any atom is 0.425 e. The van der Waals surface area contributed by atoms with Crippen molar-refractivity contribution in [3.63, 3.8) is 0 Å². The van der Waals surface area contributed by atoms with Gasteiger partial charge in [-0.2, -0.15) is 23.5 Å². The molecule has 1 unspecified atom stereocenters. The third-order valence-electron chi connectivity index (χ3n) is 5.00. The lowest BCUT2D eigenvalue weighted by molar-refractivity contribution is -0.189. The monoisotopic (exact) mass is 464 g/mol. The maximum absolute atomic E-state index is 13.2. The second-order valence-corrected chi connectivity index (χ2v) is 7.70. The smallest absolute Gasteiger partial charge is 0.425 e. The van der Waals surface area contributed by atoms with Crippen LogP contribution in [0.5, 0.6) is 5.75 Å². The van der Waals surface area contributed by atoms with E-state index in [2.05, 4.69) is 10.1 Å². The Hall–Kier alpha value is -3.52. The molecule has 3 heterocycles. The van der Waals surface area contributed by atoms with Gasteiger partial charge in [-0.15, -0.1) is 0 Å². The number of rotatable bonds is 4. The van der Waals surface area contributed by atoms with Crippen LogP contribution in [0.4, 0.5) is 13.2 Å². The highest BCUT2D eigenvalue weighted by molar-refractivity contribution is 6.35. The molecule has 0 radical (unpaired) electrons. The van der Waals surface area contributed by atoms with E-state index in [0.717, 1.165) is 18.6 Å². The number of alkyl halides is 3. The summed E-state index contributed by atoms with van der Waals surface area (Å²) in [5.41, 5.74) is 1.06. The fourth-order valence-corrected chi connectivity index (χ4v) is 3.57. The van der Waals surface area contributed by atoms with E-state index in [4.69, 9.17) is 16.3 Å². The first-order valence-electron chi connectivity index (χ1n) is 9.39. The van der Waals surface area contributed by atoms with E-state index in [0.29, 0.717) is 11.5 Å². The number of benzene rings is 1.